The van der Waals surface area contributed by atoms with Gasteiger partial charge in [-0.05, 0) is 49.6 Å². The molecule has 1 heterocycles. The number of hydrogen-bond acceptors (Lipinski definition) is 4. The smallest absolute Gasteiger partial charge is 0.260 e. The monoisotopic (exact) mass is 416 g/mol. The molecule has 0 N–H and O–H groups in total. The number of nitrogens with zero attached hydrogens (tertiary/aromatic N) is 2. The molecule has 0 spiro atoms. The third kappa shape index (κ3) is 3.81. The van der Waals surface area contributed by atoms with Crippen LogP contribution >= 0.6 is 11.3 Å². The van der Waals surface area contributed by atoms with Crippen LogP contribution < -0.4 is 9.64 Å². The SMILES string of the molecule is COc1ccc(C)c2sc(N(Cc3ccccc3)C(=O)c3ccc(C)cc3C)nc12. The van der Waals surface area contributed by atoms with Gasteiger partial charge in [0.2, 0.25) is 0 Å². The number of anilines is 1. The third-order valence-electron chi connectivity index (χ3n) is 5.18. The Hall–Kier alpha value is -3.18. The molecule has 1 aromatic heterocycles. The average molecular weight is 417 g/mol. The fraction of sp³-hybridized carbons (Fsp3) is 0.200. The van der Waals surface area contributed by atoms with Crippen molar-refractivity contribution in [3.8, 4) is 5.75 Å². The van der Waals surface area contributed by atoms with Gasteiger partial charge < -0.3 is 4.74 Å². The van der Waals surface area contributed by atoms with E-state index in [2.05, 4.69) is 6.92 Å². The summed E-state index contributed by atoms with van der Waals surface area (Å²) in [4.78, 5) is 20.3. The molecule has 0 aliphatic heterocycles. The summed E-state index contributed by atoms with van der Waals surface area (Å²) in [5.74, 6) is 0.670. The Morgan fingerprint density at radius 3 is 2.47 bits per heavy atom. The molecule has 0 radical (unpaired) electrons. The van der Waals surface area contributed by atoms with Crippen molar-refractivity contribution in [2.45, 2.75) is 27.3 Å². The number of ether oxygens (including phenoxy) is 1. The van der Waals surface area contributed by atoms with Gasteiger partial charge in [0, 0.05) is 5.56 Å². The normalized spacial score (nSPS) is 10.9. The second kappa shape index (κ2) is 8.28. The summed E-state index contributed by atoms with van der Waals surface area (Å²) in [6.45, 7) is 6.52. The molecule has 0 aliphatic rings. The van der Waals surface area contributed by atoms with Gasteiger partial charge >= 0.3 is 0 Å². The van der Waals surface area contributed by atoms with Crippen LogP contribution in [0.2, 0.25) is 0 Å². The summed E-state index contributed by atoms with van der Waals surface area (Å²) in [6.07, 6.45) is 0. The average Bonchev–Trinajstić information content (AvgIpc) is 3.19. The van der Waals surface area contributed by atoms with E-state index in [0.717, 1.165) is 38.2 Å². The number of hydrogen-bond donors (Lipinski definition) is 0. The van der Waals surface area contributed by atoms with E-state index in [1.54, 1.807) is 12.0 Å². The third-order valence-corrected chi connectivity index (χ3v) is 6.40. The first-order valence-electron chi connectivity index (χ1n) is 9.85. The van der Waals surface area contributed by atoms with Crippen LogP contribution in [0.5, 0.6) is 5.75 Å². The molecule has 0 atom stereocenters. The van der Waals surface area contributed by atoms with Gasteiger partial charge in [-0.3, -0.25) is 9.69 Å². The molecule has 0 aliphatic carbocycles. The van der Waals surface area contributed by atoms with E-state index in [1.807, 2.05) is 74.5 Å². The molecule has 4 rings (SSSR count). The second-order valence-corrected chi connectivity index (χ2v) is 8.43. The zero-order valence-electron chi connectivity index (χ0n) is 17.6. The number of aryl methyl sites for hydroxylation is 3. The molecule has 3 aromatic carbocycles. The van der Waals surface area contributed by atoms with Gasteiger partial charge in [-0.1, -0.05) is 65.4 Å². The minimum atomic E-state index is -0.0490. The maximum Gasteiger partial charge on any atom is 0.260 e. The van der Waals surface area contributed by atoms with Crippen LogP contribution in [-0.4, -0.2) is 18.0 Å². The predicted octanol–water partition coefficient (Wildman–Crippen LogP) is 6.08. The van der Waals surface area contributed by atoms with Crippen molar-refractivity contribution in [1.82, 2.24) is 4.98 Å². The Balaban J connectivity index is 1.84. The Kier molecular flexibility index (Phi) is 5.55. The summed E-state index contributed by atoms with van der Waals surface area (Å²) >= 11 is 1.53. The molecule has 0 saturated heterocycles. The maximum atomic E-state index is 13.7. The highest BCUT2D eigenvalue weighted by Gasteiger charge is 2.24. The predicted molar refractivity (Wildman–Crippen MR) is 124 cm³/mol. The van der Waals surface area contributed by atoms with Crippen LogP contribution in [0, 0.1) is 20.8 Å². The number of aromatic nitrogens is 1. The molecule has 4 nitrogen and oxygen atoms in total. The number of fused-ring (bicyclic) bond motifs is 1. The van der Waals surface area contributed by atoms with E-state index in [0.29, 0.717) is 17.2 Å². The Morgan fingerprint density at radius 1 is 1.00 bits per heavy atom. The first-order valence-corrected chi connectivity index (χ1v) is 10.7. The Morgan fingerprint density at radius 2 is 1.77 bits per heavy atom. The molecular formula is C25H24N2O2S. The topological polar surface area (TPSA) is 42.4 Å². The first kappa shape index (κ1) is 20.1. The van der Waals surface area contributed by atoms with Crippen molar-refractivity contribution in [3.05, 3.63) is 88.5 Å². The number of carbonyl (C=O) groups is 1. The number of methoxy groups -OCH3 is 1. The van der Waals surface area contributed by atoms with E-state index >= 15 is 0 Å². The zero-order chi connectivity index (χ0) is 21.3. The van der Waals surface area contributed by atoms with E-state index in [1.165, 1.54) is 11.3 Å². The van der Waals surface area contributed by atoms with Crippen molar-refractivity contribution in [3.63, 3.8) is 0 Å². The van der Waals surface area contributed by atoms with Gasteiger partial charge in [0.15, 0.2) is 5.13 Å². The molecule has 152 valence electrons. The fourth-order valence-electron chi connectivity index (χ4n) is 3.57. The molecule has 5 heteroatoms. The van der Waals surface area contributed by atoms with Gasteiger partial charge in [0.05, 0.1) is 18.4 Å². The number of benzene rings is 3. The number of carbonyl (C=O) groups excluding carboxylic acids is 1. The highest BCUT2D eigenvalue weighted by atomic mass is 32.1. The highest BCUT2D eigenvalue weighted by molar-refractivity contribution is 7.22. The first-order chi connectivity index (χ1) is 14.5. The maximum absolute atomic E-state index is 13.7. The molecule has 0 unspecified atom stereocenters. The van der Waals surface area contributed by atoms with Gasteiger partial charge in [-0.2, -0.15) is 0 Å². The second-order valence-electron chi connectivity index (χ2n) is 7.45. The van der Waals surface area contributed by atoms with Crippen LogP contribution in [0.1, 0.15) is 32.6 Å². The zero-order valence-corrected chi connectivity index (χ0v) is 18.4. The van der Waals surface area contributed by atoms with Crippen molar-refractivity contribution in [2.75, 3.05) is 12.0 Å². The fourth-order valence-corrected chi connectivity index (χ4v) is 4.62. The molecule has 0 saturated carbocycles. The van der Waals surface area contributed by atoms with Crippen molar-refractivity contribution < 1.29 is 9.53 Å². The van der Waals surface area contributed by atoms with Gasteiger partial charge in [-0.15, -0.1) is 0 Å². The highest BCUT2D eigenvalue weighted by Crippen LogP contribution is 2.37. The van der Waals surface area contributed by atoms with Crippen molar-refractivity contribution >= 4 is 32.6 Å². The lowest BCUT2D eigenvalue weighted by Gasteiger charge is -2.21. The van der Waals surface area contributed by atoms with Crippen LogP contribution in [0.4, 0.5) is 5.13 Å². The van der Waals surface area contributed by atoms with E-state index in [4.69, 9.17) is 9.72 Å². The lowest BCUT2D eigenvalue weighted by atomic mass is 10.0. The van der Waals surface area contributed by atoms with Crippen LogP contribution in [-0.2, 0) is 6.54 Å². The largest absolute Gasteiger partial charge is 0.494 e. The summed E-state index contributed by atoms with van der Waals surface area (Å²) in [7, 11) is 1.64. The lowest BCUT2D eigenvalue weighted by Crippen LogP contribution is -2.31. The van der Waals surface area contributed by atoms with Gasteiger partial charge in [0.1, 0.15) is 11.3 Å². The van der Waals surface area contributed by atoms with Gasteiger partial charge in [-0.25, -0.2) is 4.98 Å². The van der Waals surface area contributed by atoms with E-state index < -0.39 is 0 Å². The van der Waals surface area contributed by atoms with Crippen LogP contribution in [0.3, 0.4) is 0 Å². The Labute approximate surface area is 180 Å². The summed E-state index contributed by atoms with van der Waals surface area (Å²) in [5, 5.41) is 0.673. The molecule has 30 heavy (non-hydrogen) atoms. The van der Waals surface area contributed by atoms with Crippen LogP contribution in [0.25, 0.3) is 10.2 Å². The minimum absolute atomic E-state index is 0.0490. The Bertz CT molecular complexity index is 1210. The molecule has 0 fully saturated rings. The van der Waals surface area contributed by atoms with Crippen molar-refractivity contribution in [1.29, 1.82) is 0 Å². The minimum Gasteiger partial charge on any atom is -0.494 e. The lowest BCUT2D eigenvalue weighted by molar-refractivity contribution is 0.0984. The number of amides is 1. The van der Waals surface area contributed by atoms with Gasteiger partial charge in [0.25, 0.3) is 5.91 Å². The molecule has 0 bridgehead atoms. The standard InChI is InChI=1S/C25H24N2O2S/c1-16-10-12-20(18(3)14-16)24(28)27(15-19-8-6-5-7-9-19)25-26-22-21(29-4)13-11-17(2)23(22)30-25/h5-14H,15H2,1-4H3. The molecule has 1 amide bonds. The number of thiazole rings is 1. The van der Waals surface area contributed by atoms with Crippen LogP contribution in [0.15, 0.2) is 60.7 Å². The summed E-state index contributed by atoms with van der Waals surface area (Å²) in [6, 6.07) is 19.9. The van der Waals surface area contributed by atoms with E-state index in [-0.39, 0.29) is 5.91 Å². The molecule has 4 aromatic rings. The van der Waals surface area contributed by atoms with E-state index in [9.17, 15) is 4.79 Å². The van der Waals surface area contributed by atoms with Crippen molar-refractivity contribution in [2.24, 2.45) is 0 Å². The summed E-state index contributed by atoms with van der Waals surface area (Å²) < 4.78 is 6.55. The number of rotatable bonds is 5. The summed E-state index contributed by atoms with van der Waals surface area (Å²) in [5.41, 5.74) is 5.77. The quantitative estimate of drug-likeness (QED) is 0.396. The molecular weight excluding hydrogens is 392 g/mol.